The first-order valence-electron chi connectivity index (χ1n) is 13.0. The highest BCUT2D eigenvalue weighted by atomic mass is 14.6. The first-order valence-corrected chi connectivity index (χ1v) is 13.0. The van der Waals surface area contributed by atoms with E-state index in [0.717, 1.165) is 0 Å². The lowest BCUT2D eigenvalue weighted by Crippen LogP contribution is -1.88. The van der Waals surface area contributed by atoms with Crippen LogP contribution in [0.2, 0.25) is 0 Å². The van der Waals surface area contributed by atoms with Crippen LogP contribution in [0.5, 0.6) is 0 Å². The van der Waals surface area contributed by atoms with E-state index in [1.165, 1.54) is 86.2 Å². The summed E-state index contributed by atoms with van der Waals surface area (Å²) < 4.78 is 0. The van der Waals surface area contributed by atoms with Crippen LogP contribution in [-0.4, -0.2) is 9.97 Å². The molecule has 0 aliphatic carbocycles. The van der Waals surface area contributed by atoms with E-state index in [0.29, 0.717) is 0 Å². The molecule has 2 aromatic heterocycles. The third-order valence-electron chi connectivity index (χ3n) is 8.33. The van der Waals surface area contributed by atoms with E-state index in [9.17, 15) is 0 Å². The summed E-state index contributed by atoms with van der Waals surface area (Å²) >= 11 is 0. The van der Waals surface area contributed by atoms with Crippen LogP contribution in [0.25, 0.3) is 86.2 Å². The molecule has 0 N–H and O–H groups in total. The third-order valence-corrected chi connectivity index (χ3v) is 8.33. The standard InChI is InChI=1S/C36H20N2/c1-3-23-5-7-25-9-11-27-13-14-28-12-10-26-8-6-24-4-2-22-16-18-38-20-30(22)32(24)34(26)36(28)35(27)33(25)31(23)29-19-37-17-15-21(1)29/h1-20H. The maximum atomic E-state index is 4.53. The number of nitrogens with zero attached hydrogens (tertiary/aromatic N) is 2. The monoisotopic (exact) mass is 480 g/mol. The van der Waals surface area contributed by atoms with Gasteiger partial charge in [-0.25, -0.2) is 0 Å². The Morgan fingerprint density at radius 1 is 0.263 bits per heavy atom. The van der Waals surface area contributed by atoms with Crippen molar-refractivity contribution in [3.63, 3.8) is 0 Å². The fourth-order valence-electron chi connectivity index (χ4n) is 6.63. The molecule has 2 nitrogen and oxygen atoms in total. The van der Waals surface area contributed by atoms with Crippen molar-refractivity contribution in [1.82, 2.24) is 9.97 Å². The van der Waals surface area contributed by atoms with Crippen molar-refractivity contribution >= 4 is 86.2 Å². The number of hydrogen-bond acceptors (Lipinski definition) is 2. The predicted molar refractivity (Wildman–Crippen MR) is 162 cm³/mol. The molecular weight excluding hydrogens is 460 g/mol. The van der Waals surface area contributed by atoms with Crippen LogP contribution in [0.4, 0.5) is 0 Å². The zero-order valence-corrected chi connectivity index (χ0v) is 20.4. The number of aromatic nitrogens is 2. The van der Waals surface area contributed by atoms with Gasteiger partial charge in [-0.1, -0.05) is 84.9 Å². The van der Waals surface area contributed by atoms with Gasteiger partial charge in [0.25, 0.3) is 0 Å². The van der Waals surface area contributed by atoms with Gasteiger partial charge in [0, 0.05) is 35.6 Å². The molecule has 0 fully saturated rings. The van der Waals surface area contributed by atoms with Crippen LogP contribution >= 0.6 is 0 Å². The smallest absolute Gasteiger partial charge is 0.0352 e. The van der Waals surface area contributed by atoms with Crippen molar-refractivity contribution < 1.29 is 0 Å². The summed E-state index contributed by atoms with van der Waals surface area (Å²) in [6.07, 6.45) is 7.80. The first-order chi connectivity index (χ1) is 18.8. The van der Waals surface area contributed by atoms with E-state index in [4.69, 9.17) is 0 Å². The van der Waals surface area contributed by atoms with Crippen LogP contribution < -0.4 is 0 Å². The molecule has 0 bridgehead atoms. The summed E-state index contributed by atoms with van der Waals surface area (Å²) in [5, 5.41) is 20.0. The molecule has 0 spiro atoms. The van der Waals surface area contributed by atoms with Gasteiger partial charge in [0.2, 0.25) is 0 Å². The molecule has 0 saturated carbocycles. The van der Waals surface area contributed by atoms with Crippen molar-refractivity contribution in [2.24, 2.45) is 0 Å². The second kappa shape index (κ2) is 7.24. The molecule has 0 saturated heterocycles. The maximum absolute atomic E-state index is 4.53. The van der Waals surface area contributed by atoms with Crippen molar-refractivity contribution in [2.45, 2.75) is 0 Å². The molecule has 0 unspecified atom stereocenters. The minimum Gasteiger partial charge on any atom is -0.264 e. The number of rotatable bonds is 0. The molecule has 174 valence electrons. The summed E-state index contributed by atoms with van der Waals surface area (Å²) in [6.45, 7) is 0. The second-order valence-corrected chi connectivity index (χ2v) is 10.2. The van der Waals surface area contributed by atoms with Crippen molar-refractivity contribution in [1.29, 1.82) is 0 Å². The Labute approximate surface area is 217 Å². The fraction of sp³-hybridized carbons (Fsp3) is 0. The van der Waals surface area contributed by atoms with E-state index in [1.807, 2.05) is 24.8 Å². The van der Waals surface area contributed by atoms with E-state index < -0.39 is 0 Å². The lowest BCUT2D eigenvalue weighted by molar-refractivity contribution is 1.37. The molecule has 0 aliphatic heterocycles. The minimum absolute atomic E-state index is 1.19. The van der Waals surface area contributed by atoms with Crippen LogP contribution in [-0.2, 0) is 0 Å². The summed E-state index contributed by atoms with van der Waals surface area (Å²) in [5.41, 5.74) is 0. The lowest BCUT2D eigenvalue weighted by atomic mass is 9.87. The third kappa shape index (κ3) is 2.56. The van der Waals surface area contributed by atoms with Crippen LogP contribution in [0.15, 0.2) is 122 Å². The first kappa shape index (κ1) is 20.0. The van der Waals surface area contributed by atoms with Gasteiger partial charge in [-0.05, 0) is 87.5 Å². The Morgan fingerprint density at radius 2 is 0.526 bits per heavy atom. The van der Waals surface area contributed by atoms with Gasteiger partial charge in [-0.2, -0.15) is 0 Å². The molecule has 0 amide bonds. The highest BCUT2D eigenvalue weighted by Crippen LogP contribution is 2.44. The Morgan fingerprint density at radius 3 is 0.868 bits per heavy atom. The zero-order chi connectivity index (χ0) is 24.8. The highest BCUT2D eigenvalue weighted by Gasteiger charge is 2.15. The normalized spacial score (nSPS) is 12.2. The van der Waals surface area contributed by atoms with E-state index in [2.05, 4.69) is 107 Å². The molecule has 0 aliphatic rings. The Balaban J connectivity index is 1.67. The van der Waals surface area contributed by atoms with Crippen LogP contribution in [0, 0.1) is 0 Å². The number of pyridine rings is 2. The fourth-order valence-corrected chi connectivity index (χ4v) is 6.63. The molecule has 0 radical (unpaired) electrons. The van der Waals surface area contributed by atoms with Crippen molar-refractivity contribution in [3.05, 3.63) is 122 Å². The van der Waals surface area contributed by atoms with Crippen LogP contribution in [0.1, 0.15) is 0 Å². The van der Waals surface area contributed by atoms with E-state index >= 15 is 0 Å². The SMILES string of the molecule is c1cc2ccc3ccc4ccc5ccc6ccc7ccc8ccc9ccncc9c8c7c6c5c4c3c2cn1. The second-order valence-electron chi connectivity index (χ2n) is 10.2. The molecule has 0 atom stereocenters. The number of fused-ring (bicyclic) bond motifs is 15. The molecule has 38 heavy (non-hydrogen) atoms. The number of hydrogen-bond donors (Lipinski definition) is 0. The molecule has 2 heteroatoms. The van der Waals surface area contributed by atoms with Crippen molar-refractivity contribution in [2.75, 3.05) is 0 Å². The molecule has 9 rings (SSSR count). The van der Waals surface area contributed by atoms with Gasteiger partial charge in [0.05, 0.1) is 0 Å². The highest BCUT2D eigenvalue weighted by molar-refractivity contribution is 6.38. The molecular formula is C36H20N2. The topological polar surface area (TPSA) is 25.8 Å². The summed E-state index contributed by atoms with van der Waals surface area (Å²) in [7, 11) is 0. The van der Waals surface area contributed by atoms with Gasteiger partial charge in [0.1, 0.15) is 0 Å². The van der Waals surface area contributed by atoms with Gasteiger partial charge in [-0.15, -0.1) is 0 Å². The average Bonchev–Trinajstić information content (AvgIpc) is 2.99. The lowest BCUT2D eigenvalue weighted by Gasteiger charge is -2.16. The predicted octanol–water partition coefficient (Wildman–Crippen LogP) is 9.70. The Kier molecular flexibility index (Phi) is 3.82. The van der Waals surface area contributed by atoms with Crippen molar-refractivity contribution in [3.8, 4) is 0 Å². The van der Waals surface area contributed by atoms with Gasteiger partial charge < -0.3 is 0 Å². The number of benzene rings is 7. The zero-order valence-electron chi connectivity index (χ0n) is 20.4. The van der Waals surface area contributed by atoms with Gasteiger partial charge >= 0.3 is 0 Å². The summed E-state index contributed by atoms with van der Waals surface area (Å²) in [5.74, 6) is 0. The Bertz CT molecular complexity index is 2250. The van der Waals surface area contributed by atoms with Gasteiger partial charge in [-0.3, -0.25) is 9.97 Å². The molecule has 7 aromatic carbocycles. The molecule has 2 heterocycles. The Hall–Kier alpha value is -5.08. The summed E-state index contributed by atoms with van der Waals surface area (Å²) in [4.78, 5) is 9.06. The quantitative estimate of drug-likeness (QED) is 0.202. The minimum atomic E-state index is 1.19. The average molecular weight is 481 g/mol. The largest absolute Gasteiger partial charge is 0.264 e. The van der Waals surface area contributed by atoms with E-state index in [-0.39, 0.29) is 0 Å². The summed E-state index contributed by atoms with van der Waals surface area (Å²) in [6, 6.07) is 35.8. The van der Waals surface area contributed by atoms with Gasteiger partial charge in [0.15, 0.2) is 0 Å². The van der Waals surface area contributed by atoms with Crippen LogP contribution in [0.3, 0.4) is 0 Å². The maximum Gasteiger partial charge on any atom is 0.0352 e. The van der Waals surface area contributed by atoms with E-state index in [1.54, 1.807) is 0 Å². The molecule has 9 aromatic rings.